The predicted octanol–water partition coefficient (Wildman–Crippen LogP) is 1.83. The highest BCUT2D eigenvalue weighted by atomic mass is 16.5. The van der Waals surface area contributed by atoms with E-state index in [2.05, 4.69) is 27.1 Å². The molecule has 0 bridgehead atoms. The first-order valence-electron chi connectivity index (χ1n) is 7.07. The first-order valence-corrected chi connectivity index (χ1v) is 7.07. The molecule has 1 aliphatic heterocycles. The molecule has 1 saturated heterocycles. The maximum Gasteiger partial charge on any atom is 0.144 e. The average molecular weight is 264 g/mol. The Kier molecular flexibility index (Phi) is 5.10. The Morgan fingerprint density at radius 3 is 3.05 bits per heavy atom. The minimum Gasteiger partial charge on any atom is -0.377 e. The Morgan fingerprint density at radius 2 is 2.32 bits per heavy atom. The number of likely N-dealkylation sites (tertiary alicyclic amines) is 1. The Labute approximate surface area is 115 Å². The van der Waals surface area contributed by atoms with E-state index in [1.54, 1.807) is 0 Å². The molecule has 0 aromatic carbocycles. The number of rotatable bonds is 5. The van der Waals surface area contributed by atoms with Gasteiger partial charge in [0.2, 0.25) is 0 Å². The summed E-state index contributed by atoms with van der Waals surface area (Å²) in [7, 11) is 1.89. The lowest BCUT2D eigenvalue weighted by atomic mass is 10.1. The lowest BCUT2D eigenvalue weighted by molar-refractivity contribution is 0.00297. The van der Waals surface area contributed by atoms with Crippen LogP contribution in [0.5, 0.6) is 0 Å². The van der Waals surface area contributed by atoms with Gasteiger partial charge in [-0.1, -0.05) is 0 Å². The lowest BCUT2D eigenvalue weighted by Crippen LogP contribution is -2.39. The second-order valence-corrected chi connectivity index (χ2v) is 5.02. The summed E-state index contributed by atoms with van der Waals surface area (Å²) in [5, 5.41) is 3.08. The fourth-order valence-corrected chi connectivity index (χ4v) is 2.56. The molecule has 1 atom stereocenters. The summed E-state index contributed by atoms with van der Waals surface area (Å²) in [5.74, 6) is 1.78. The van der Waals surface area contributed by atoms with Crippen molar-refractivity contribution >= 4 is 5.82 Å². The van der Waals surface area contributed by atoms with Gasteiger partial charge in [0, 0.05) is 32.0 Å². The highest BCUT2D eigenvalue weighted by molar-refractivity contribution is 5.34. The summed E-state index contributed by atoms with van der Waals surface area (Å²) >= 11 is 0. The van der Waals surface area contributed by atoms with Crippen molar-refractivity contribution in [1.82, 2.24) is 14.9 Å². The number of anilines is 1. The van der Waals surface area contributed by atoms with Crippen LogP contribution in [0.3, 0.4) is 0 Å². The molecule has 1 unspecified atom stereocenters. The fourth-order valence-electron chi connectivity index (χ4n) is 2.56. The fraction of sp³-hybridized carbons (Fsp3) is 0.714. The van der Waals surface area contributed by atoms with E-state index < -0.39 is 0 Å². The summed E-state index contributed by atoms with van der Waals surface area (Å²) in [6, 6.07) is 1.96. The second-order valence-electron chi connectivity index (χ2n) is 5.02. The SMILES string of the molecule is CCOC1CCCN(Cc2nc(C)cc(NC)n2)C1. The van der Waals surface area contributed by atoms with Crippen LogP contribution in [0.25, 0.3) is 0 Å². The predicted molar refractivity (Wildman–Crippen MR) is 76.2 cm³/mol. The van der Waals surface area contributed by atoms with Gasteiger partial charge in [-0.2, -0.15) is 0 Å². The number of piperidine rings is 1. The van der Waals surface area contributed by atoms with Crippen molar-refractivity contribution < 1.29 is 4.74 Å². The van der Waals surface area contributed by atoms with Gasteiger partial charge in [-0.05, 0) is 33.2 Å². The van der Waals surface area contributed by atoms with E-state index >= 15 is 0 Å². The van der Waals surface area contributed by atoms with Crippen LogP contribution in [0.1, 0.15) is 31.3 Å². The van der Waals surface area contributed by atoms with E-state index in [0.717, 1.165) is 43.6 Å². The molecule has 0 spiro atoms. The summed E-state index contributed by atoms with van der Waals surface area (Å²) in [6.45, 7) is 7.76. The van der Waals surface area contributed by atoms with Gasteiger partial charge in [0.05, 0.1) is 12.6 Å². The summed E-state index contributed by atoms with van der Waals surface area (Å²) < 4.78 is 5.72. The minimum absolute atomic E-state index is 0.368. The van der Waals surface area contributed by atoms with E-state index in [1.165, 1.54) is 12.8 Å². The molecule has 5 nitrogen and oxygen atoms in total. The standard InChI is InChI=1S/C14H24N4O/c1-4-19-12-6-5-7-18(9-12)10-14-16-11(2)8-13(15-3)17-14/h8,12H,4-7,9-10H2,1-3H3,(H,15,16,17). The van der Waals surface area contributed by atoms with Crippen molar-refractivity contribution in [2.75, 3.05) is 32.1 Å². The second kappa shape index (κ2) is 6.82. The first-order chi connectivity index (χ1) is 9.21. The highest BCUT2D eigenvalue weighted by Crippen LogP contribution is 2.15. The number of ether oxygens (including phenoxy) is 1. The monoisotopic (exact) mass is 264 g/mol. The zero-order valence-electron chi connectivity index (χ0n) is 12.1. The summed E-state index contributed by atoms with van der Waals surface area (Å²) in [5.41, 5.74) is 1.01. The molecular formula is C14H24N4O. The van der Waals surface area contributed by atoms with Gasteiger partial charge in [-0.3, -0.25) is 4.90 Å². The van der Waals surface area contributed by atoms with Gasteiger partial charge < -0.3 is 10.1 Å². The Bertz CT molecular complexity index is 408. The van der Waals surface area contributed by atoms with E-state index in [9.17, 15) is 0 Å². The quantitative estimate of drug-likeness (QED) is 0.879. The third-order valence-corrected chi connectivity index (χ3v) is 3.39. The summed E-state index contributed by atoms with van der Waals surface area (Å²) in [4.78, 5) is 11.4. The molecule has 2 heterocycles. The normalized spacial score (nSPS) is 20.5. The molecule has 1 N–H and O–H groups in total. The van der Waals surface area contributed by atoms with Gasteiger partial charge in [0.1, 0.15) is 11.6 Å². The van der Waals surface area contributed by atoms with E-state index in [-0.39, 0.29) is 0 Å². The Balaban J connectivity index is 1.98. The van der Waals surface area contributed by atoms with Crippen LogP contribution in [0.15, 0.2) is 6.07 Å². The van der Waals surface area contributed by atoms with Crippen LogP contribution in [0.4, 0.5) is 5.82 Å². The third kappa shape index (κ3) is 4.14. The molecule has 106 valence electrons. The molecule has 1 aromatic heterocycles. The van der Waals surface area contributed by atoms with Gasteiger partial charge in [0.15, 0.2) is 0 Å². The third-order valence-electron chi connectivity index (χ3n) is 3.39. The van der Waals surface area contributed by atoms with Gasteiger partial charge in [-0.25, -0.2) is 9.97 Å². The van der Waals surface area contributed by atoms with E-state index in [4.69, 9.17) is 4.74 Å². The van der Waals surface area contributed by atoms with Crippen LogP contribution in [0.2, 0.25) is 0 Å². The Morgan fingerprint density at radius 1 is 1.47 bits per heavy atom. The van der Waals surface area contributed by atoms with Crippen LogP contribution < -0.4 is 5.32 Å². The maximum absolute atomic E-state index is 5.72. The molecule has 0 amide bonds. The molecule has 1 aromatic rings. The topological polar surface area (TPSA) is 50.3 Å². The maximum atomic E-state index is 5.72. The average Bonchev–Trinajstić information content (AvgIpc) is 2.39. The molecule has 0 aliphatic carbocycles. The molecule has 1 aliphatic rings. The van der Waals surface area contributed by atoms with Crippen LogP contribution in [-0.2, 0) is 11.3 Å². The smallest absolute Gasteiger partial charge is 0.144 e. The number of nitrogens with zero attached hydrogens (tertiary/aromatic N) is 3. The van der Waals surface area contributed by atoms with Crippen molar-refractivity contribution in [3.63, 3.8) is 0 Å². The molecule has 0 saturated carbocycles. The number of nitrogens with one attached hydrogen (secondary N) is 1. The lowest BCUT2D eigenvalue weighted by Gasteiger charge is -2.31. The summed E-state index contributed by atoms with van der Waals surface area (Å²) in [6.07, 6.45) is 2.73. The van der Waals surface area contributed by atoms with Crippen LogP contribution in [-0.4, -0.2) is 47.7 Å². The van der Waals surface area contributed by atoms with Crippen molar-refractivity contribution in [3.05, 3.63) is 17.6 Å². The first kappa shape index (κ1) is 14.2. The van der Waals surface area contributed by atoms with Gasteiger partial charge in [-0.15, -0.1) is 0 Å². The number of hydrogen-bond acceptors (Lipinski definition) is 5. The van der Waals surface area contributed by atoms with Crippen LogP contribution in [0, 0.1) is 6.92 Å². The van der Waals surface area contributed by atoms with Crippen molar-refractivity contribution in [1.29, 1.82) is 0 Å². The van der Waals surface area contributed by atoms with Crippen molar-refractivity contribution in [2.45, 2.75) is 39.3 Å². The zero-order chi connectivity index (χ0) is 13.7. The van der Waals surface area contributed by atoms with Gasteiger partial charge in [0.25, 0.3) is 0 Å². The van der Waals surface area contributed by atoms with E-state index in [0.29, 0.717) is 6.10 Å². The Hall–Kier alpha value is -1.20. The molecule has 19 heavy (non-hydrogen) atoms. The number of hydrogen-bond donors (Lipinski definition) is 1. The number of aromatic nitrogens is 2. The van der Waals surface area contributed by atoms with Crippen molar-refractivity contribution in [3.8, 4) is 0 Å². The molecule has 1 fully saturated rings. The van der Waals surface area contributed by atoms with Crippen molar-refractivity contribution in [2.24, 2.45) is 0 Å². The number of aryl methyl sites for hydroxylation is 1. The molecule has 5 heteroatoms. The van der Waals surface area contributed by atoms with Gasteiger partial charge >= 0.3 is 0 Å². The van der Waals surface area contributed by atoms with E-state index in [1.807, 2.05) is 20.0 Å². The highest BCUT2D eigenvalue weighted by Gasteiger charge is 2.20. The largest absolute Gasteiger partial charge is 0.377 e. The minimum atomic E-state index is 0.368. The molecule has 0 radical (unpaired) electrons. The van der Waals surface area contributed by atoms with Crippen LogP contribution >= 0.6 is 0 Å². The zero-order valence-corrected chi connectivity index (χ0v) is 12.1. The molecule has 2 rings (SSSR count). The molecular weight excluding hydrogens is 240 g/mol.